The molecule has 1 aromatic rings. The number of hydrogen-bond donors (Lipinski definition) is 1. The average molecular weight is 311 g/mol. The number of anilines is 1. The Morgan fingerprint density at radius 2 is 2.06 bits per heavy atom. The molecule has 1 heterocycles. The van der Waals surface area contributed by atoms with E-state index in [1.165, 1.54) is 27.7 Å². The van der Waals surface area contributed by atoms with E-state index in [4.69, 9.17) is 0 Å². The van der Waals surface area contributed by atoms with Crippen molar-refractivity contribution in [2.24, 2.45) is 0 Å². The Kier molecular flexibility index (Phi) is 4.33. The van der Waals surface area contributed by atoms with Crippen molar-refractivity contribution in [2.75, 3.05) is 18.0 Å². The van der Waals surface area contributed by atoms with Crippen molar-refractivity contribution in [2.45, 2.75) is 46.2 Å². The van der Waals surface area contributed by atoms with Crippen LogP contribution in [0.4, 0.5) is 5.69 Å². The van der Waals surface area contributed by atoms with E-state index in [2.05, 4.69) is 66.0 Å². The van der Waals surface area contributed by atoms with E-state index in [-0.39, 0.29) is 0 Å². The third-order valence-corrected chi connectivity index (χ3v) is 4.08. The first-order chi connectivity index (χ1) is 8.47. The normalized spacial score (nSPS) is 19.9. The molecule has 0 aromatic heterocycles. The van der Waals surface area contributed by atoms with Gasteiger partial charge in [-0.2, -0.15) is 0 Å². The van der Waals surface area contributed by atoms with Gasteiger partial charge >= 0.3 is 0 Å². The Labute approximate surface area is 119 Å². The summed E-state index contributed by atoms with van der Waals surface area (Å²) in [6.45, 7) is 11.0. The van der Waals surface area contributed by atoms with Crippen LogP contribution in [-0.4, -0.2) is 25.2 Å². The minimum absolute atomic E-state index is 0.567. The summed E-state index contributed by atoms with van der Waals surface area (Å²) >= 11 is 3.72. The third-order valence-electron chi connectivity index (χ3n) is 3.47. The molecule has 18 heavy (non-hydrogen) atoms. The zero-order valence-corrected chi connectivity index (χ0v) is 13.3. The second-order valence-corrected chi connectivity index (χ2v) is 6.52. The zero-order chi connectivity index (χ0) is 13.3. The van der Waals surface area contributed by atoms with Crippen LogP contribution in [0.2, 0.25) is 0 Å². The maximum atomic E-state index is 3.72. The van der Waals surface area contributed by atoms with Gasteiger partial charge in [0.15, 0.2) is 0 Å². The fraction of sp³-hybridized carbons (Fsp3) is 0.600. The van der Waals surface area contributed by atoms with Crippen LogP contribution in [0.25, 0.3) is 0 Å². The standard InChI is InChI=1S/C15H23BrN2/c1-10(2)17-13-5-6-18(9-13)15-12(4)7-11(3)8-14(15)16/h7-8,10,13,17H,5-6,9H2,1-4H3. The molecule has 1 aliphatic rings. The van der Waals surface area contributed by atoms with Crippen LogP contribution in [0.3, 0.4) is 0 Å². The second kappa shape index (κ2) is 5.62. The minimum Gasteiger partial charge on any atom is -0.369 e. The minimum atomic E-state index is 0.567. The first-order valence-electron chi connectivity index (χ1n) is 6.75. The highest BCUT2D eigenvalue weighted by molar-refractivity contribution is 9.10. The van der Waals surface area contributed by atoms with E-state index in [0.717, 1.165) is 13.1 Å². The molecule has 1 unspecified atom stereocenters. The first-order valence-corrected chi connectivity index (χ1v) is 7.54. The summed E-state index contributed by atoms with van der Waals surface area (Å²) in [5.41, 5.74) is 4.06. The Morgan fingerprint density at radius 3 is 2.67 bits per heavy atom. The molecule has 1 saturated heterocycles. The summed E-state index contributed by atoms with van der Waals surface area (Å²) < 4.78 is 1.23. The van der Waals surface area contributed by atoms with Gasteiger partial charge in [0.2, 0.25) is 0 Å². The Balaban J connectivity index is 2.14. The molecule has 1 aromatic carbocycles. The summed E-state index contributed by atoms with van der Waals surface area (Å²) in [4.78, 5) is 2.50. The lowest BCUT2D eigenvalue weighted by Crippen LogP contribution is -2.37. The van der Waals surface area contributed by atoms with E-state index in [0.29, 0.717) is 12.1 Å². The maximum absolute atomic E-state index is 3.72. The predicted molar refractivity (Wildman–Crippen MR) is 82.5 cm³/mol. The van der Waals surface area contributed by atoms with E-state index in [1.54, 1.807) is 0 Å². The number of nitrogens with zero attached hydrogens (tertiary/aromatic N) is 1. The average Bonchev–Trinajstić information content (AvgIpc) is 2.63. The highest BCUT2D eigenvalue weighted by atomic mass is 79.9. The van der Waals surface area contributed by atoms with Crippen molar-refractivity contribution < 1.29 is 0 Å². The molecule has 0 amide bonds. The molecule has 1 atom stereocenters. The van der Waals surface area contributed by atoms with Gasteiger partial charge in [-0.05, 0) is 53.4 Å². The number of halogens is 1. The Morgan fingerprint density at radius 1 is 1.33 bits per heavy atom. The molecule has 0 spiro atoms. The maximum Gasteiger partial charge on any atom is 0.0541 e. The monoisotopic (exact) mass is 310 g/mol. The molecule has 0 aliphatic carbocycles. The number of hydrogen-bond acceptors (Lipinski definition) is 2. The molecular weight excluding hydrogens is 288 g/mol. The second-order valence-electron chi connectivity index (χ2n) is 5.67. The van der Waals surface area contributed by atoms with Crippen LogP contribution in [0, 0.1) is 13.8 Å². The summed E-state index contributed by atoms with van der Waals surface area (Å²) in [5, 5.41) is 3.63. The van der Waals surface area contributed by atoms with Crippen LogP contribution < -0.4 is 10.2 Å². The highest BCUT2D eigenvalue weighted by Crippen LogP contribution is 2.33. The largest absolute Gasteiger partial charge is 0.369 e. The zero-order valence-electron chi connectivity index (χ0n) is 11.8. The van der Waals surface area contributed by atoms with E-state index < -0.39 is 0 Å². The van der Waals surface area contributed by atoms with Crippen molar-refractivity contribution >= 4 is 21.6 Å². The number of aryl methyl sites for hydroxylation is 2. The molecule has 0 radical (unpaired) electrons. The van der Waals surface area contributed by atoms with Gasteiger partial charge in [0, 0.05) is 29.6 Å². The highest BCUT2D eigenvalue weighted by Gasteiger charge is 2.25. The Hall–Kier alpha value is -0.540. The van der Waals surface area contributed by atoms with Crippen LogP contribution in [0.1, 0.15) is 31.4 Å². The number of rotatable bonds is 3. The van der Waals surface area contributed by atoms with Crippen molar-refractivity contribution in [3.05, 3.63) is 27.7 Å². The molecule has 2 nitrogen and oxygen atoms in total. The van der Waals surface area contributed by atoms with Crippen LogP contribution in [-0.2, 0) is 0 Å². The molecule has 1 aliphatic heterocycles. The molecule has 0 saturated carbocycles. The fourth-order valence-electron chi connectivity index (χ4n) is 2.88. The quantitative estimate of drug-likeness (QED) is 0.917. The molecule has 1 N–H and O–H groups in total. The van der Waals surface area contributed by atoms with Crippen LogP contribution >= 0.6 is 15.9 Å². The molecular formula is C15H23BrN2. The summed E-state index contributed by atoms with van der Waals surface area (Å²) in [7, 11) is 0. The molecule has 100 valence electrons. The SMILES string of the molecule is Cc1cc(C)c(N2CCC(NC(C)C)C2)c(Br)c1. The molecule has 2 rings (SSSR count). The summed E-state index contributed by atoms with van der Waals surface area (Å²) in [6.07, 6.45) is 1.23. The molecule has 3 heteroatoms. The Bertz CT molecular complexity index is 405. The van der Waals surface area contributed by atoms with Gasteiger partial charge in [0.25, 0.3) is 0 Å². The van der Waals surface area contributed by atoms with Gasteiger partial charge < -0.3 is 10.2 Å². The van der Waals surface area contributed by atoms with E-state index in [9.17, 15) is 0 Å². The van der Waals surface area contributed by atoms with Gasteiger partial charge in [-0.15, -0.1) is 0 Å². The van der Waals surface area contributed by atoms with Gasteiger partial charge in [-0.1, -0.05) is 19.9 Å². The van der Waals surface area contributed by atoms with Crippen molar-refractivity contribution in [3.63, 3.8) is 0 Å². The summed E-state index contributed by atoms with van der Waals surface area (Å²) in [5.74, 6) is 0. The smallest absolute Gasteiger partial charge is 0.0541 e. The van der Waals surface area contributed by atoms with Crippen LogP contribution in [0.15, 0.2) is 16.6 Å². The van der Waals surface area contributed by atoms with E-state index >= 15 is 0 Å². The summed E-state index contributed by atoms with van der Waals surface area (Å²) in [6, 6.07) is 5.67. The van der Waals surface area contributed by atoms with Gasteiger partial charge in [-0.25, -0.2) is 0 Å². The lowest BCUT2D eigenvalue weighted by Gasteiger charge is -2.23. The number of nitrogens with one attached hydrogen (secondary N) is 1. The van der Waals surface area contributed by atoms with Crippen molar-refractivity contribution in [3.8, 4) is 0 Å². The molecule has 0 bridgehead atoms. The topological polar surface area (TPSA) is 15.3 Å². The fourth-order valence-corrected chi connectivity index (χ4v) is 3.80. The third kappa shape index (κ3) is 3.07. The van der Waals surface area contributed by atoms with Crippen molar-refractivity contribution in [1.82, 2.24) is 5.32 Å². The van der Waals surface area contributed by atoms with Crippen molar-refractivity contribution in [1.29, 1.82) is 0 Å². The number of benzene rings is 1. The van der Waals surface area contributed by atoms with Crippen LogP contribution in [0.5, 0.6) is 0 Å². The lowest BCUT2D eigenvalue weighted by molar-refractivity contribution is 0.492. The first kappa shape index (κ1) is 13.9. The predicted octanol–water partition coefficient (Wildman–Crippen LogP) is 3.64. The molecule has 1 fully saturated rings. The lowest BCUT2D eigenvalue weighted by atomic mass is 10.1. The van der Waals surface area contributed by atoms with E-state index in [1.807, 2.05) is 0 Å². The van der Waals surface area contributed by atoms with Gasteiger partial charge in [-0.3, -0.25) is 0 Å². The van der Waals surface area contributed by atoms with Gasteiger partial charge in [0.05, 0.1) is 5.69 Å². The van der Waals surface area contributed by atoms with Gasteiger partial charge in [0.1, 0.15) is 0 Å².